The Labute approximate surface area is 337 Å². The zero-order chi connectivity index (χ0) is 39.7. The number of halogens is 1. The predicted molar refractivity (Wildman–Crippen MR) is 224 cm³/mol. The summed E-state index contributed by atoms with van der Waals surface area (Å²) in [7, 11) is -0.545. The molecule has 292 valence electrons. The zero-order valence-corrected chi connectivity index (χ0v) is 33.6. The molecular formula is C41H44ClN7O5S2. The Morgan fingerprint density at radius 2 is 1.66 bits per heavy atom. The summed E-state index contributed by atoms with van der Waals surface area (Å²) >= 11 is 7.74. The van der Waals surface area contributed by atoms with Crippen LogP contribution in [0.15, 0.2) is 125 Å². The minimum atomic E-state index is -4.45. The van der Waals surface area contributed by atoms with Gasteiger partial charge in [0.15, 0.2) is 0 Å². The molecule has 4 aromatic carbocycles. The van der Waals surface area contributed by atoms with E-state index in [0.717, 1.165) is 55.8 Å². The van der Waals surface area contributed by atoms with Gasteiger partial charge in [0.1, 0.15) is 11.5 Å². The quantitative estimate of drug-likeness (QED) is 0.0590. The first kappa shape index (κ1) is 40.7. The Morgan fingerprint density at radius 1 is 0.946 bits per heavy atom. The fourth-order valence-corrected chi connectivity index (χ4v) is 8.50. The number of nitro groups is 1. The molecule has 12 nitrogen and oxygen atoms in total. The molecule has 1 fully saturated rings. The number of thioether (sulfide) groups is 1. The number of benzene rings is 4. The van der Waals surface area contributed by atoms with Crippen LogP contribution in [0.25, 0.3) is 11.1 Å². The molecule has 5 aromatic rings. The van der Waals surface area contributed by atoms with Gasteiger partial charge in [-0.15, -0.1) is 11.8 Å². The van der Waals surface area contributed by atoms with Gasteiger partial charge >= 0.3 is 0 Å². The first-order valence-electron chi connectivity index (χ1n) is 18.2. The normalized spacial score (nSPS) is 14.0. The molecule has 0 radical (unpaired) electrons. The van der Waals surface area contributed by atoms with Crippen molar-refractivity contribution in [3.63, 3.8) is 0 Å². The van der Waals surface area contributed by atoms with Crippen LogP contribution in [0, 0.1) is 10.1 Å². The minimum Gasteiger partial charge on any atom is -0.376 e. The third-order valence-electron chi connectivity index (χ3n) is 9.45. The smallest absolute Gasteiger partial charge is 0.293 e. The zero-order valence-electron chi connectivity index (χ0n) is 31.2. The van der Waals surface area contributed by atoms with E-state index < -0.39 is 31.4 Å². The Balaban J connectivity index is 1.06. The number of nitrogens with one attached hydrogen (secondary N) is 2. The molecule has 0 saturated carbocycles. The van der Waals surface area contributed by atoms with E-state index in [0.29, 0.717) is 23.0 Å². The molecule has 1 aliphatic rings. The highest BCUT2D eigenvalue weighted by atomic mass is 35.5. The third-order valence-corrected chi connectivity index (χ3v) is 12.2. The molecule has 2 N–H and O–H groups in total. The summed E-state index contributed by atoms with van der Waals surface area (Å²) < 4.78 is 28.7. The molecule has 1 atom stereocenters. The molecule has 0 aliphatic carbocycles. The molecule has 15 heteroatoms. The van der Waals surface area contributed by atoms with Crippen molar-refractivity contribution in [2.75, 3.05) is 62.8 Å². The van der Waals surface area contributed by atoms with E-state index in [1.807, 2.05) is 90.4 Å². The number of piperazine rings is 1. The van der Waals surface area contributed by atoms with Crippen LogP contribution < -0.4 is 14.9 Å². The molecule has 2 heterocycles. The number of carbonyl (C=O) groups is 1. The Kier molecular flexibility index (Phi) is 13.6. The molecule has 6 rings (SSSR count). The van der Waals surface area contributed by atoms with Gasteiger partial charge in [-0.05, 0) is 92.3 Å². The average Bonchev–Trinajstić information content (AvgIpc) is 3.20. The number of hydrogen-bond donors (Lipinski definition) is 2. The molecule has 0 bridgehead atoms. The van der Waals surface area contributed by atoms with Crippen molar-refractivity contribution in [2.24, 2.45) is 0 Å². The summed E-state index contributed by atoms with van der Waals surface area (Å²) in [4.78, 5) is 36.3. The van der Waals surface area contributed by atoms with E-state index in [2.05, 4.69) is 32.2 Å². The lowest BCUT2D eigenvalue weighted by molar-refractivity contribution is -0.384. The van der Waals surface area contributed by atoms with Crippen LogP contribution in [0.3, 0.4) is 0 Å². The first-order chi connectivity index (χ1) is 26.9. The summed E-state index contributed by atoms with van der Waals surface area (Å²) in [5, 5.41) is 16.1. The van der Waals surface area contributed by atoms with Gasteiger partial charge in [0.05, 0.1) is 15.4 Å². The number of nitro benzene ring substituents is 1. The van der Waals surface area contributed by atoms with E-state index >= 15 is 0 Å². The van der Waals surface area contributed by atoms with E-state index in [1.165, 1.54) is 35.5 Å². The van der Waals surface area contributed by atoms with Gasteiger partial charge in [0.25, 0.3) is 21.6 Å². The monoisotopic (exact) mass is 813 g/mol. The van der Waals surface area contributed by atoms with Gasteiger partial charge in [0, 0.05) is 66.7 Å². The highest BCUT2D eigenvalue weighted by Crippen LogP contribution is 2.31. The third kappa shape index (κ3) is 10.9. The van der Waals surface area contributed by atoms with Crippen molar-refractivity contribution in [1.82, 2.24) is 19.5 Å². The second-order valence-corrected chi connectivity index (χ2v) is 17.0. The minimum absolute atomic E-state index is 0.0437. The lowest BCUT2D eigenvalue weighted by atomic mass is 9.99. The number of hydrogen-bond acceptors (Lipinski definition) is 11. The Hall–Kier alpha value is -4.99. The van der Waals surface area contributed by atoms with Gasteiger partial charge in [-0.1, -0.05) is 66.2 Å². The molecule has 1 amide bonds. The molecule has 1 aromatic heterocycles. The van der Waals surface area contributed by atoms with E-state index in [9.17, 15) is 23.3 Å². The summed E-state index contributed by atoms with van der Waals surface area (Å²) in [5.41, 5.74) is 3.35. The van der Waals surface area contributed by atoms with Crippen molar-refractivity contribution < 1.29 is 18.1 Å². The molecule has 56 heavy (non-hydrogen) atoms. The van der Waals surface area contributed by atoms with E-state index in [-0.39, 0.29) is 17.3 Å². The maximum Gasteiger partial charge on any atom is 0.293 e. The summed E-state index contributed by atoms with van der Waals surface area (Å²) in [6.07, 6.45) is 2.04. The Bertz CT molecular complexity index is 2220. The fraction of sp³-hybridized carbons (Fsp3) is 0.268. The molecule has 1 aliphatic heterocycles. The van der Waals surface area contributed by atoms with Crippen LogP contribution in [0.2, 0.25) is 5.02 Å². The van der Waals surface area contributed by atoms with Crippen molar-refractivity contribution in [1.29, 1.82) is 0 Å². The first-order valence-corrected chi connectivity index (χ1v) is 21.0. The summed E-state index contributed by atoms with van der Waals surface area (Å²) in [5.74, 6) is 0.421. The number of carbonyl (C=O) groups excluding carboxylic acids is 1. The molecule has 0 unspecified atom stereocenters. The maximum absolute atomic E-state index is 13.3. The number of sulfonamides is 1. The van der Waals surface area contributed by atoms with Crippen LogP contribution in [0.5, 0.6) is 0 Å². The van der Waals surface area contributed by atoms with Crippen molar-refractivity contribution >= 4 is 56.5 Å². The van der Waals surface area contributed by atoms with Crippen LogP contribution in [-0.4, -0.2) is 92.6 Å². The molecular weight excluding hydrogens is 770 g/mol. The number of nitrogens with zero attached hydrogens (tertiary/aromatic N) is 5. The van der Waals surface area contributed by atoms with Crippen molar-refractivity contribution in [3.8, 4) is 11.1 Å². The average molecular weight is 814 g/mol. The van der Waals surface area contributed by atoms with Gasteiger partial charge < -0.3 is 15.1 Å². The van der Waals surface area contributed by atoms with Crippen molar-refractivity contribution in [2.45, 2.75) is 28.8 Å². The number of aromatic nitrogens is 1. The molecule has 1 saturated heterocycles. The van der Waals surface area contributed by atoms with Gasteiger partial charge in [-0.3, -0.25) is 19.8 Å². The number of rotatable bonds is 16. The van der Waals surface area contributed by atoms with Crippen molar-refractivity contribution in [3.05, 3.63) is 142 Å². The van der Waals surface area contributed by atoms with Crippen LogP contribution in [-0.2, 0) is 16.6 Å². The van der Waals surface area contributed by atoms with Crippen LogP contribution in [0.1, 0.15) is 22.3 Å². The second kappa shape index (κ2) is 18.8. The standard InChI is InChI=1S/C41H44ClN7O5S2/c1-46(2)21-20-34(29-55-35-9-4-3-5-10-35)44-38-18-17-36(26-39(38)49(51)52)56(53,54)45-41(50)31-14-19-40(43-27-31)48-24-22-47(23-25-48)28-32-8-6-7-11-37(32)30-12-15-33(42)16-13-30/h3-19,26-27,34,44H,20-25,28-29H2,1-2H3,(H,45,50)/t34-/m1/s1. The van der Waals surface area contributed by atoms with Gasteiger partial charge in [-0.2, -0.15) is 0 Å². The Morgan fingerprint density at radius 3 is 2.34 bits per heavy atom. The number of amides is 1. The number of pyridine rings is 1. The SMILES string of the molecule is CN(C)CC[C@H](CSc1ccccc1)Nc1ccc(S(=O)(=O)NC(=O)c2ccc(N3CCN(Cc4ccccc4-c4ccc(Cl)cc4)CC3)nc2)cc1[N+](=O)[O-]. The lowest BCUT2D eigenvalue weighted by Crippen LogP contribution is -2.46. The topological polar surface area (TPSA) is 141 Å². The highest BCUT2D eigenvalue weighted by molar-refractivity contribution is 7.99. The second-order valence-electron chi connectivity index (χ2n) is 13.8. The van der Waals surface area contributed by atoms with Crippen LogP contribution in [0.4, 0.5) is 17.2 Å². The lowest BCUT2D eigenvalue weighted by Gasteiger charge is -2.35. The predicted octanol–water partition coefficient (Wildman–Crippen LogP) is 7.28. The fourth-order valence-electron chi connectivity index (χ4n) is 6.39. The maximum atomic E-state index is 13.3. The number of anilines is 2. The van der Waals surface area contributed by atoms with Gasteiger partial charge in [0.2, 0.25) is 0 Å². The summed E-state index contributed by atoms with van der Waals surface area (Å²) in [6, 6.07) is 32.7. The molecule has 0 spiro atoms. The van der Waals surface area contributed by atoms with Crippen LogP contribution >= 0.6 is 23.4 Å². The highest BCUT2D eigenvalue weighted by Gasteiger charge is 2.26. The van der Waals surface area contributed by atoms with E-state index in [4.69, 9.17) is 11.6 Å². The van der Waals surface area contributed by atoms with Gasteiger partial charge in [-0.25, -0.2) is 18.1 Å². The summed E-state index contributed by atoms with van der Waals surface area (Å²) in [6.45, 7) is 4.60. The largest absolute Gasteiger partial charge is 0.376 e. The van der Waals surface area contributed by atoms with E-state index in [1.54, 1.807) is 17.8 Å².